The molecule has 0 radical (unpaired) electrons. The molecule has 0 amide bonds. The topological polar surface area (TPSA) is 0 Å². The maximum atomic E-state index is 14.1. The van der Waals surface area contributed by atoms with E-state index in [1.807, 2.05) is 18.2 Å². The van der Waals surface area contributed by atoms with E-state index in [9.17, 15) is 4.39 Å². The Kier molecular flexibility index (Phi) is 9.54. The summed E-state index contributed by atoms with van der Waals surface area (Å²) in [5.74, 6) is 7.42. The van der Waals surface area contributed by atoms with Gasteiger partial charge in [-0.15, -0.1) is 0 Å². The third-order valence-electron chi connectivity index (χ3n) is 5.62. The Balaban J connectivity index is 1.77. The second-order valence-electron chi connectivity index (χ2n) is 7.82. The molecule has 0 spiro atoms. The Morgan fingerprint density at radius 1 is 1.04 bits per heavy atom. The number of hydrogen-bond acceptors (Lipinski definition) is 0. The Morgan fingerprint density at radius 2 is 1.81 bits per heavy atom. The molecular weight excluding hydrogens is 319 g/mol. The first kappa shape index (κ1) is 20.8. The van der Waals surface area contributed by atoms with E-state index in [2.05, 4.69) is 31.8 Å². The zero-order valence-corrected chi connectivity index (χ0v) is 16.7. The highest BCUT2D eigenvalue weighted by molar-refractivity contribution is 5.39. The molecule has 26 heavy (non-hydrogen) atoms. The van der Waals surface area contributed by atoms with Crippen LogP contribution in [0.3, 0.4) is 0 Å². The zero-order valence-electron chi connectivity index (χ0n) is 16.7. The number of rotatable bonds is 8. The van der Waals surface area contributed by atoms with E-state index in [1.165, 1.54) is 51.4 Å². The first-order chi connectivity index (χ1) is 12.7. The lowest BCUT2D eigenvalue weighted by Crippen LogP contribution is -2.12. The Labute approximate surface area is 160 Å². The van der Waals surface area contributed by atoms with Crippen molar-refractivity contribution in [2.24, 2.45) is 11.8 Å². The number of allylic oxidation sites excluding steroid dienone is 2. The lowest BCUT2D eigenvalue weighted by molar-refractivity contribution is 0.289. The van der Waals surface area contributed by atoms with Crippen LogP contribution in [-0.2, 0) is 6.42 Å². The number of halogens is 1. The molecule has 1 aliphatic rings. The standard InChI is InChI=1S/C25H35F/c1-3-5-7-11-21-14-16-22(17-15-21)12-8-9-13-24-19-18-23(10-6-4-2)20-25(24)26/h8,12,18-22H,3-7,10-11,14-17H2,1-2H3/t21-,22-. The van der Waals surface area contributed by atoms with Gasteiger partial charge < -0.3 is 0 Å². The van der Waals surface area contributed by atoms with Crippen LogP contribution in [0, 0.1) is 29.5 Å². The summed E-state index contributed by atoms with van der Waals surface area (Å²) in [5, 5.41) is 0. The van der Waals surface area contributed by atoms with Crippen LogP contribution in [0.4, 0.5) is 4.39 Å². The molecule has 0 heterocycles. The molecule has 0 bridgehead atoms. The smallest absolute Gasteiger partial charge is 0.139 e. The van der Waals surface area contributed by atoms with Gasteiger partial charge >= 0.3 is 0 Å². The van der Waals surface area contributed by atoms with Crippen molar-refractivity contribution in [2.75, 3.05) is 0 Å². The van der Waals surface area contributed by atoms with E-state index >= 15 is 0 Å². The molecule has 0 nitrogen and oxygen atoms in total. The third-order valence-corrected chi connectivity index (χ3v) is 5.62. The molecule has 142 valence electrons. The van der Waals surface area contributed by atoms with Crippen LogP contribution in [0.1, 0.15) is 89.2 Å². The summed E-state index contributed by atoms with van der Waals surface area (Å²) in [4.78, 5) is 0. The number of benzene rings is 1. The SMILES string of the molecule is CCCCC[C@H]1CC[C@H](C=CC#Cc2ccc(CCCC)cc2F)CC1. The molecular formula is C25H35F. The van der Waals surface area contributed by atoms with Crippen molar-refractivity contribution in [3.8, 4) is 11.8 Å². The summed E-state index contributed by atoms with van der Waals surface area (Å²) in [7, 11) is 0. The van der Waals surface area contributed by atoms with Crippen molar-refractivity contribution in [3.63, 3.8) is 0 Å². The van der Waals surface area contributed by atoms with Crippen LogP contribution in [0.5, 0.6) is 0 Å². The highest BCUT2D eigenvalue weighted by Gasteiger charge is 2.18. The van der Waals surface area contributed by atoms with Crippen LogP contribution in [0.25, 0.3) is 0 Å². The van der Waals surface area contributed by atoms with Crippen molar-refractivity contribution < 1.29 is 4.39 Å². The Bertz CT molecular complexity index is 609. The molecule has 0 aromatic heterocycles. The molecule has 0 saturated heterocycles. The fraction of sp³-hybridized carbons (Fsp3) is 0.600. The van der Waals surface area contributed by atoms with Crippen LogP contribution in [-0.4, -0.2) is 0 Å². The lowest BCUT2D eigenvalue weighted by atomic mass is 9.79. The Hall–Kier alpha value is -1.55. The molecule has 0 aliphatic heterocycles. The van der Waals surface area contributed by atoms with Gasteiger partial charge in [-0.2, -0.15) is 0 Å². The predicted octanol–water partition coefficient (Wildman–Crippen LogP) is 7.46. The van der Waals surface area contributed by atoms with Gasteiger partial charge in [-0.25, -0.2) is 4.39 Å². The second-order valence-corrected chi connectivity index (χ2v) is 7.82. The number of aryl methyl sites for hydroxylation is 1. The van der Waals surface area contributed by atoms with Gasteiger partial charge in [0.25, 0.3) is 0 Å². The van der Waals surface area contributed by atoms with Crippen molar-refractivity contribution in [2.45, 2.75) is 84.5 Å². The summed E-state index contributed by atoms with van der Waals surface area (Å²) in [5.41, 5.74) is 1.58. The van der Waals surface area contributed by atoms with Gasteiger partial charge in [0, 0.05) is 0 Å². The third kappa shape index (κ3) is 7.36. The molecule has 1 aromatic rings. The number of hydrogen-bond donors (Lipinski definition) is 0. The minimum Gasteiger partial charge on any atom is -0.206 e. The minimum absolute atomic E-state index is 0.188. The molecule has 0 N–H and O–H groups in total. The fourth-order valence-electron chi connectivity index (χ4n) is 3.85. The average molecular weight is 355 g/mol. The first-order valence-corrected chi connectivity index (χ1v) is 10.7. The Morgan fingerprint density at radius 3 is 2.50 bits per heavy atom. The van der Waals surface area contributed by atoms with Crippen molar-refractivity contribution in [1.29, 1.82) is 0 Å². The molecule has 0 atom stereocenters. The molecule has 1 heteroatoms. The molecule has 1 aliphatic carbocycles. The first-order valence-electron chi connectivity index (χ1n) is 10.7. The summed E-state index contributed by atoms with van der Waals surface area (Å²) in [6.07, 6.45) is 18.2. The summed E-state index contributed by atoms with van der Waals surface area (Å²) in [6.45, 7) is 4.43. The zero-order chi connectivity index (χ0) is 18.6. The summed E-state index contributed by atoms with van der Waals surface area (Å²) < 4.78 is 14.1. The van der Waals surface area contributed by atoms with Crippen LogP contribution in [0.15, 0.2) is 30.4 Å². The molecule has 1 fully saturated rings. The van der Waals surface area contributed by atoms with Gasteiger partial charge in [0.1, 0.15) is 5.82 Å². The van der Waals surface area contributed by atoms with Gasteiger partial charge in [0.05, 0.1) is 5.56 Å². The quantitative estimate of drug-likeness (QED) is 0.335. The van der Waals surface area contributed by atoms with Crippen LogP contribution in [0.2, 0.25) is 0 Å². The molecule has 1 saturated carbocycles. The van der Waals surface area contributed by atoms with Gasteiger partial charge in [0.2, 0.25) is 0 Å². The van der Waals surface area contributed by atoms with Crippen molar-refractivity contribution in [1.82, 2.24) is 0 Å². The fourth-order valence-corrected chi connectivity index (χ4v) is 3.85. The monoisotopic (exact) mass is 354 g/mol. The second kappa shape index (κ2) is 11.9. The van der Waals surface area contributed by atoms with E-state index < -0.39 is 0 Å². The summed E-state index contributed by atoms with van der Waals surface area (Å²) in [6, 6.07) is 5.47. The largest absolute Gasteiger partial charge is 0.206 e. The molecule has 1 aromatic carbocycles. The predicted molar refractivity (Wildman–Crippen MR) is 111 cm³/mol. The highest BCUT2D eigenvalue weighted by atomic mass is 19.1. The molecule has 2 rings (SSSR count). The normalized spacial score (nSPS) is 20.1. The minimum atomic E-state index is -0.188. The lowest BCUT2D eigenvalue weighted by Gasteiger charge is -2.26. The van der Waals surface area contributed by atoms with E-state index in [-0.39, 0.29) is 5.82 Å². The molecule has 0 unspecified atom stereocenters. The number of unbranched alkanes of at least 4 members (excludes halogenated alkanes) is 3. The highest BCUT2D eigenvalue weighted by Crippen LogP contribution is 2.32. The van der Waals surface area contributed by atoms with E-state index in [4.69, 9.17) is 0 Å². The van der Waals surface area contributed by atoms with Gasteiger partial charge in [0.15, 0.2) is 0 Å². The van der Waals surface area contributed by atoms with Gasteiger partial charge in [-0.3, -0.25) is 0 Å². The van der Waals surface area contributed by atoms with Crippen molar-refractivity contribution in [3.05, 3.63) is 47.3 Å². The van der Waals surface area contributed by atoms with E-state index in [0.717, 1.165) is 30.7 Å². The van der Waals surface area contributed by atoms with Crippen LogP contribution >= 0.6 is 0 Å². The van der Waals surface area contributed by atoms with Crippen molar-refractivity contribution >= 4 is 0 Å². The van der Waals surface area contributed by atoms with Gasteiger partial charge in [-0.05, 0) is 74.1 Å². The van der Waals surface area contributed by atoms with E-state index in [0.29, 0.717) is 11.5 Å². The maximum Gasteiger partial charge on any atom is 0.139 e. The maximum absolute atomic E-state index is 14.1. The summed E-state index contributed by atoms with van der Waals surface area (Å²) >= 11 is 0. The van der Waals surface area contributed by atoms with Gasteiger partial charge in [-0.1, -0.05) is 69.9 Å². The average Bonchev–Trinajstić information content (AvgIpc) is 2.66. The van der Waals surface area contributed by atoms with Crippen LogP contribution < -0.4 is 0 Å². The van der Waals surface area contributed by atoms with E-state index in [1.54, 1.807) is 6.07 Å².